The summed E-state index contributed by atoms with van der Waals surface area (Å²) in [5.74, 6) is -0.262. The predicted octanol–water partition coefficient (Wildman–Crippen LogP) is 8.00. The highest BCUT2D eigenvalue weighted by molar-refractivity contribution is 5.94. The largest absolute Gasteiger partial charge is 0.466 e. The van der Waals surface area contributed by atoms with E-state index in [9.17, 15) is 9.59 Å². The number of carbonyl (C=O) groups excluding carboxylic acids is 2. The Kier molecular flexibility index (Phi) is 19.4. The summed E-state index contributed by atoms with van der Waals surface area (Å²) in [5, 5.41) is 2.83. The van der Waals surface area contributed by atoms with E-state index in [0.29, 0.717) is 31.6 Å². The van der Waals surface area contributed by atoms with Crippen molar-refractivity contribution in [2.24, 2.45) is 0 Å². The molecule has 0 saturated carbocycles. The summed E-state index contributed by atoms with van der Waals surface area (Å²) in [4.78, 5) is 23.7. The van der Waals surface area contributed by atoms with Gasteiger partial charge in [0.1, 0.15) is 0 Å². The van der Waals surface area contributed by atoms with Gasteiger partial charge in [-0.2, -0.15) is 0 Å². The summed E-state index contributed by atoms with van der Waals surface area (Å²) >= 11 is 0. The molecular weight excluding hydrogens is 410 g/mol. The number of unbranched alkanes of at least 4 members (excludes halogenated alkanes) is 15. The van der Waals surface area contributed by atoms with Gasteiger partial charge in [0.25, 0.3) is 5.91 Å². The first-order valence-corrected chi connectivity index (χ1v) is 13.7. The van der Waals surface area contributed by atoms with Crippen molar-refractivity contribution < 1.29 is 14.3 Å². The van der Waals surface area contributed by atoms with Crippen LogP contribution in [0.3, 0.4) is 0 Å². The second-order valence-electron chi connectivity index (χ2n) is 9.25. The molecular formula is C29H49NO3. The van der Waals surface area contributed by atoms with E-state index in [1.807, 2.05) is 18.2 Å². The number of nitrogens with one attached hydrogen (secondary N) is 1. The van der Waals surface area contributed by atoms with Crippen LogP contribution in [-0.4, -0.2) is 25.0 Å². The minimum atomic E-state index is -0.162. The zero-order valence-corrected chi connectivity index (χ0v) is 21.3. The molecule has 1 aromatic rings. The maximum absolute atomic E-state index is 11.9. The van der Waals surface area contributed by atoms with Crippen molar-refractivity contribution in [2.45, 2.75) is 122 Å². The molecule has 0 bridgehead atoms. The number of amides is 1. The third-order valence-electron chi connectivity index (χ3n) is 6.14. The molecule has 4 heteroatoms. The maximum atomic E-state index is 11.9. The lowest BCUT2D eigenvalue weighted by molar-refractivity contribution is -0.143. The normalized spacial score (nSPS) is 10.8. The fraction of sp³-hybridized carbons (Fsp3) is 0.724. The Morgan fingerprint density at radius 3 is 1.67 bits per heavy atom. The molecule has 0 aliphatic carbocycles. The SMILES string of the molecule is CCCCCCCCCCCCCCCCCCOC(=O)CCCNC(=O)c1ccccc1. The lowest BCUT2D eigenvalue weighted by Crippen LogP contribution is -2.25. The standard InChI is InChI=1S/C29H49NO3/c1-2-3-4-5-6-7-8-9-10-11-12-13-14-15-16-20-26-33-28(31)24-21-25-30-29(32)27-22-18-17-19-23-27/h17-19,22-23H,2-16,20-21,24-26H2,1H3,(H,30,32). The average Bonchev–Trinajstić information content (AvgIpc) is 2.84. The minimum absolute atomic E-state index is 0.0999. The van der Waals surface area contributed by atoms with Crippen LogP contribution < -0.4 is 5.32 Å². The molecule has 0 aliphatic heterocycles. The zero-order valence-electron chi connectivity index (χ0n) is 21.3. The molecule has 0 aliphatic rings. The molecule has 0 heterocycles. The topological polar surface area (TPSA) is 55.4 Å². The van der Waals surface area contributed by atoms with Crippen molar-refractivity contribution in [2.75, 3.05) is 13.2 Å². The Bertz CT molecular complexity index is 588. The van der Waals surface area contributed by atoms with Crippen LogP contribution >= 0.6 is 0 Å². The Balaban J connectivity index is 1.77. The first-order valence-electron chi connectivity index (χ1n) is 13.7. The number of rotatable bonds is 22. The number of carbonyl (C=O) groups is 2. The highest BCUT2D eigenvalue weighted by Gasteiger charge is 2.06. The Labute approximate surface area is 203 Å². The Morgan fingerprint density at radius 2 is 1.15 bits per heavy atom. The molecule has 0 fully saturated rings. The van der Waals surface area contributed by atoms with Crippen molar-refractivity contribution in [1.29, 1.82) is 0 Å². The highest BCUT2D eigenvalue weighted by Crippen LogP contribution is 2.13. The monoisotopic (exact) mass is 459 g/mol. The summed E-state index contributed by atoms with van der Waals surface area (Å²) in [5.41, 5.74) is 0.642. The van der Waals surface area contributed by atoms with E-state index in [-0.39, 0.29) is 11.9 Å². The highest BCUT2D eigenvalue weighted by atomic mass is 16.5. The first kappa shape index (κ1) is 29.2. The second kappa shape index (κ2) is 22.0. The van der Waals surface area contributed by atoms with Gasteiger partial charge in [-0.25, -0.2) is 0 Å². The van der Waals surface area contributed by atoms with Gasteiger partial charge in [0.2, 0.25) is 0 Å². The molecule has 33 heavy (non-hydrogen) atoms. The molecule has 1 N–H and O–H groups in total. The van der Waals surface area contributed by atoms with Gasteiger partial charge in [-0.3, -0.25) is 9.59 Å². The summed E-state index contributed by atoms with van der Waals surface area (Å²) in [6.07, 6.45) is 22.4. The van der Waals surface area contributed by atoms with Crippen LogP contribution in [0.15, 0.2) is 30.3 Å². The number of ether oxygens (including phenoxy) is 1. The van der Waals surface area contributed by atoms with Gasteiger partial charge >= 0.3 is 5.97 Å². The quantitative estimate of drug-likeness (QED) is 0.141. The molecule has 4 nitrogen and oxygen atoms in total. The fourth-order valence-electron chi connectivity index (χ4n) is 4.03. The van der Waals surface area contributed by atoms with E-state index in [1.54, 1.807) is 12.1 Å². The van der Waals surface area contributed by atoms with Crippen molar-refractivity contribution in [3.05, 3.63) is 35.9 Å². The lowest BCUT2D eigenvalue weighted by atomic mass is 10.0. The third-order valence-corrected chi connectivity index (χ3v) is 6.14. The molecule has 0 spiro atoms. The van der Waals surface area contributed by atoms with Gasteiger partial charge in [0, 0.05) is 18.5 Å². The molecule has 1 aromatic carbocycles. The van der Waals surface area contributed by atoms with Crippen LogP contribution in [0, 0.1) is 0 Å². The molecule has 1 amide bonds. The van der Waals surface area contributed by atoms with E-state index < -0.39 is 0 Å². The third kappa shape index (κ3) is 18.3. The molecule has 0 unspecified atom stereocenters. The smallest absolute Gasteiger partial charge is 0.305 e. The van der Waals surface area contributed by atoms with E-state index in [1.165, 1.54) is 89.9 Å². The van der Waals surface area contributed by atoms with E-state index in [4.69, 9.17) is 4.74 Å². The van der Waals surface area contributed by atoms with Crippen LogP contribution in [0.2, 0.25) is 0 Å². The summed E-state index contributed by atoms with van der Waals surface area (Å²) in [7, 11) is 0. The number of hydrogen-bond acceptors (Lipinski definition) is 3. The molecule has 0 radical (unpaired) electrons. The van der Waals surface area contributed by atoms with E-state index in [0.717, 1.165) is 12.8 Å². The fourth-order valence-corrected chi connectivity index (χ4v) is 4.03. The average molecular weight is 460 g/mol. The van der Waals surface area contributed by atoms with Gasteiger partial charge in [0.05, 0.1) is 6.61 Å². The zero-order chi connectivity index (χ0) is 23.8. The van der Waals surface area contributed by atoms with Crippen LogP contribution in [0.1, 0.15) is 133 Å². The molecule has 0 atom stereocenters. The van der Waals surface area contributed by atoms with Gasteiger partial charge in [-0.05, 0) is 25.0 Å². The van der Waals surface area contributed by atoms with Crippen molar-refractivity contribution in [1.82, 2.24) is 5.32 Å². The van der Waals surface area contributed by atoms with Gasteiger partial charge < -0.3 is 10.1 Å². The number of esters is 1. The van der Waals surface area contributed by atoms with Gasteiger partial charge in [-0.15, -0.1) is 0 Å². The van der Waals surface area contributed by atoms with Crippen molar-refractivity contribution >= 4 is 11.9 Å². The molecule has 0 aromatic heterocycles. The maximum Gasteiger partial charge on any atom is 0.305 e. The summed E-state index contributed by atoms with van der Waals surface area (Å²) in [6.45, 7) is 3.29. The first-order chi connectivity index (χ1) is 16.2. The van der Waals surface area contributed by atoms with Gasteiger partial charge in [-0.1, -0.05) is 121 Å². The lowest BCUT2D eigenvalue weighted by Gasteiger charge is -2.07. The minimum Gasteiger partial charge on any atom is -0.466 e. The van der Waals surface area contributed by atoms with Crippen molar-refractivity contribution in [3.8, 4) is 0 Å². The predicted molar refractivity (Wildman–Crippen MR) is 139 cm³/mol. The number of hydrogen-bond donors (Lipinski definition) is 1. The summed E-state index contributed by atoms with van der Waals surface area (Å²) in [6, 6.07) is 9.12. The van der Waals surface area contributed by atoms with Gasteiger partial charge in [0.15, 0.2) is 0 Å². The summed E-state index contributed by atoms with van der Waals surface area (Å²) < 4.78 is 5.30. The Morgan fingerprint density at radius 1 is 0.667 bits per heavy atom. The number of benzene rings is 1. The van der Waals surface area contributed by atoms with Crippen LogP contribution in [-0.2, 0) is 9.53 Å². The Hall–Kier alpha value is -1.84. The molecule has 1 rings (SSSR count). The van der Waals surface area contributed by atoms with Crippen molar-refractivity contribution in [3.63, 3.8) is 0 Å². The second-order valence-corrected chi connectivity index (χ2v) is 9.25. The van der Waals surface area contributed by atoms with E-state index in [2.05, 4.69) is 12.2 Å². The van der Waals surface area contributed by atoms with Crippen LogP contribution in [0.5, 0.6) is 0 Å². The van der Waals surface area contributed by atoms with Crippen LogP contribution in [0.4, 0.5) is 0 Å². The van der Waals surface area contributed by atoms with Crippen LogP contribution in [0.25, 0.3) is 0 Å². The molecule has 188 valence electrons. The molecule has 0 saturated heterocycles. The van der Waals surface area contributed by atoms with E-state index >= 15 is 0 Å².